The normalized spacial score (nSPS) is 27.5. The van der Waals surface area contributed by atoms with E-state index in [4.69, 9.17) is 13.9 Å². The minimum atomic E-state index is -1.94. The summed E-state index contributed by atoms with van der Waals surface area (Å²) in [5.74, 6) is -0.302. The summed E-state index contributed by atoms with van der Waals surface area (Å²) in [6, 6.07) is 9.95. The Morgan fingerprint density at radius 1 is 1.12 bits per heavy atom. The molecule has 26 heavy (non-hydrogen) atoms. The molecule has 1 saturated heterocycles. The first-order chi connectivity index (χ1) is 12.1. The number of aliphatic hydroxyl groups is 2. The molecule has 0 saturated carbocycles. The van der Waals surface area contributed by atoms with Gasteiger partial charge in [-0.3, -0.25) is 0 Å². The first-order valence-electron chi connectivity index (χ1n) is 9.35. The average molecular weight is 383 g/mol. The second-order valence-electron chi connectivity index (χ2n) is 8.67. The van der Waals surface area contributed by atoms with E-state index < -0.39 is 20.5 Å². The number of rotatable bonds is 7. The van der Waals surface area contributed by atoms with E-state index in [2.05, 4.69) is 33.9 Å². The average Bonchev–Trinajstić information content (AvgIpc) is 2.57. The third-order valence-electron chi connectivity index (χ3n) is 5.63. The number of benzene rings is 1. The molecular weight excluding hydrogens is 348 g/mol. The van der Waals surface area contributed by atoms with Gasteiger partial charge in [-0.1, -0.05) is 51.1 Å². The molecule has 0 aliphatic carbocycles. The Balaban J connectivity index is 1.94. The van der Waals surface area contributed by atoms with Crippen molar-refractivity contribution in [2.75, 3.05) is 19.8 Å². The van der Waals surface area contributed by atoms with Gasteiger partial charge in [0.1, 0.15) is 6.10 Å². The molecule has 1 aromatic carbocycles. The second kappa shape index (κ2) is 8.95. The van der Waals surface area contributed by atoms with Crippen LogP contribution < -0.4 is 0 Å². The highest BCUT2D eigenvalue weighted by atomic mass is 28.4. The van der Waals surface area contributed by atoms with Crippen LogP contribution in [0.2, 0.25) is 18.1 Å². The molecule has 2 rings (SSSR count). The van der Waals surface area contributed by atoms with Crippen LogP contribution in [0.5, 0.6) is 0 Å². The molecule has 0 spiro atoms. The fraction of sp³-hybridized carbons (Fsp3) is 0.700. The lowest BCUT2D eigenvalue weighted by molar-refractivity contribution is -0.181. The molecule has 0 aromatic heterocycles. The van der Waals surface area contributed by atoms with E-state index in [1.165, 1.54) is 0 Å². The van der Waals surface area contributed by atoms with Crippen LogP contribution >= 0.6 is 0 Å². The summed E-state index contributed by atoms with van der Waals surface area (Å²) < 4.78 is 17.9. The first kappa shape index (κ1) is 21.5. The van der Waals surface area contributed by atoms with Crippen molar-refractivity contribution in [3.63, 3.8) is 0 Å². The third kappa shape index (κ3) is 5.61. The van der Waals surface area contributed by atoms with E-state index in [-0.39, 0.29) is 23.7 Å². The molecule has 148 valence electrons. The zero-order valence-electron chi connectivity index (χ0n) is 16.6. The molecule has 1 heterocycles. The first-order valence-corrected chi connectivity index (χ1v) is 12.3. The second-order valence-corrected chi connectivity index (χ2v) is 13.5. The number of ether oxygens (including phenoxy) is 2. The van der Waals surface area contributed by atoms with Gasteiger partial charge in [0, 0.05) is 12.5 Å². The molecule has 5 nitrogen and oxygen atoms in total. The van der Waals surface area contributed by atoms with E-state index >= 15 is 0 Å². The minimum absolute atomic E-state index is 0.0887. The van der Waals surface area contributed by atoms with Crippen molar-refractivity contribution in [1.29, 1.82) is 0 Å². The number of hydrogen-bond donors (Lipinski definition) is 2. The molecule has 6 heteroatoms. The number of hydrogen-bond acceptors (Lipinski definition) is 5. The minimum Gasteiger partial charge on any atom is -0.416 e. The lowest BCUT2D eigenvalue weighted by Gasteiger charge is -2.42. The van der Waals surface area contributed by atoms with Crippen LogP contribution in [-0.4, -0.2) is 56.7 Å². The zero-order chi connectivity index (χ0) is 19.4. The SMILES string of the molecule is CC(C)(C)[Si](C)(C)OC[C@H]1[C@H](O)[C@H](O)CO[C@@H]1COCc1ccccc1. The van der Waals surface area contributed by atoms with Crippen molar-refractivity contribution >= 4 is 8.32 Å². The van der Waals surface area contributed by atoms with Gasteiger partial charge in [0.25, 0.3) is 0 Å². The summed E-state index contributed by atoms with van der Waals surface area (Å²) in [6.07, 6.45) is -2.03. The summed E-state index contributed by atoms with van der Waals surface area (Å²) >= 11 is 0. The van der Waals surface area contributed by atoms with Crippen LogP contribution in [-0.2, 0) is 20.5 Å². The van der Waals surface area contributed by atoms with Crippen LogP contribution in [0.4, 0.5) is 0 Å². The molecule has 0 unspecified atom stereocenters. The Kier molecular flexibility index (Phi) is 7.41. The van der Waals surface area contributed by atoms with E-state index in [0.717, 1.165) is 5.56 Å². The predicted octanol–water partition coefficient (Wildman–Crippen LogP) is 2.96. The smallest absolute Gasteiger partial charge is 0.191 e. The molecule has 1 aliphatic heterocycles. The lowest BCUT2D eigenvalue weighted by Crippen LogP contribution is -2.54. The Bertz CT molecular complexity index is 543. The molecule has 1 fully saturated rings. The molecule has 0 amide bonds. The van der Waals surface area contributed by atoms with Crippen LogP contribution in [0, 0.1) is 5.92 Å². The van der Waals surface area contributed by atoms with E-state index in [9.17, 15) is 10.2 Å². The fourth-order valence-corrected chi connectivity index (χ4v) is 3.76. The van der Waals surface area contributed by atoms with Crippen molar-refractivity contribution in [2.24, 2.45) is 5.92 Å². The van der Waals surface area contributed by atoms with Crippen molar-refractivity contribution in [1.82, 2.24) is 0 Å². The quantitative estimate of drug-likeness (QED) is 0.710. The van der Waals surface area contributed by atoms with Gasteiger partial charge in [-0.25, -0.2) is 0 Å². The van der Waals surface area contributed by atoms with Crippen molar-refractivity contribution in [2.45, 2.75) is 63.8 Å². The van der Waals surface area contributed by atoms with Crippen LogP contribution in [0.1, 0.15) is 26.3 Å². The van der Waals surface area contributed by atoms with E-state index in [1.54, 1.807) is 0 Å². The Labute approximate surface area is 158 Å². The highest BCUT2D eigenvalue weighted by Gasteiger charge is 2.42. The highest BCUT2D eigenvalue weighted by molar-refractivity contribution is 6.74. The molecule has 1 aromatic rings. The maximum atomic E-state index is 10.5. The summed E-state index contributed by atoms with van der Waals surface area (Å²) in [6.45, 7) is 12.3. The van der Waals surface area contributed by atoms with Gasteiger partial charge < -0.3 is 24.1 Å². The number of aliphatic hydroxyl groups excluding tert-OH is 2. The summed E-state index contributed by atoms with van der Waals surface area (Å²) in [4.78, 5) is 0. The van der Waals surface area contributed by atoms with Gasteiger partial charge in [-0.05, 0) is 23.7 Å². The largest absolute Gasteiger partial charge is 0.416 e. The highest BCUT2D eigenvalue weighted by Crippen LogP contribution is 2.37. The van der Waals surface area contributed by atoms with E-state index in [1.807, 2.05) is 30.3 Å². The Morgan fingerprint density at radius 2 is 1.77 bits per heavy atom. The molecule has 2 N–H and O–H groups in total. The standard InChI is InChI=1S/C20H34O5Si/c1-20(2,3)26(4,5)25-12-16-18(24-13-17(21)19(16)22)14-23-11-15-9-7-6-8-10-15/h6-10,16-19,21-22H,11-14H2,1-5H3/t16-,17-,18-,19+/m1/s1. The van der Waals surface area contributed by atoms with Gasteiger partial charge >= 0.3 is 0 Å². The Morgan fingerprint density at radius 3 is 2.38 bits per heavy atom. The van der Waals surface area contributed by atoms with Gasteiger partial charge in [0.2, 0.25) is 0 Å². The molecule has 1 aliphatic rings. The maximum Gasteiger partial charge on any atom is 0.191 e. The van der Waals surface area contributed by atoms with Crippen molar-refractivity contribution < 1.29 is 24.1 Å². The van der Waals surface area contributed by atoms with Gasteiger partial charge in [0.05, 0.1) is 32.0 Å². The molecule has 4 atom stereocenters. The van der Waals surface area contributed by atoms with Crippen molar-refractivity contribution in [3.05, 3.63) is 35.9 Å². The van der Waals surface area contributed by atoms with E-state index in [0.29, 0.717) is 19.8 Å². The van der Waals surface area contributed by atoms with Gasteiger partial charge in [-0.2, -0.15) is 0 Å². The predicted molar refractivity (Wildman–Crippen MR) is 104 cm³/mol. The Hall–Kier alpha value is -0.763. The topological polar surface area (TPSA) is 68.2 Å². The van der Waals surface area contributed by atoms with Crippen LogP contribution in [0.3, 0.4) is 0 Å². The fourth-order valence-electron chi connectivity index (χ4n) is 2.72. The van der Waals surface area contributed by atoms with Crippen molar-refractivity contribution in [3.8, 4) is 0 Å². The maximum absolute atomic E-state index is 10.5. The summed E-state index contributed by atoms with van der Waals surface area (Å²) in [7, 11) is -1.94. The molecular formula is C20H34O5Si. The van der Waals surface area contributed by atoms with Gasteiger partial charge in [0.15, 0.2) is 8.32 Å². The third-order valence-corrected chi connectivity index (χ3v) is 10.1. The lowest BCUT2D eigenvalue weighted by atomic mass is 9.91. The zero-order valence-corrected chi connectivity index (χ0v) is 17.6. The molecule has 0 radical (unpaired) electrons. The monoisotopic (exact) mass is 382 g/mol. The van der Waals surface area contributed by atoms with Crippen LogP contribution in [0.15, 0.2) is 30.3 Å². The van der Waals surface area contributed by atoms with Gasteiger partial charge in [-0.15, -0.1) is 0 Å². The summed E-state index contributed by atoms with van der Waals surface area (Å²) in [5, 5.41) is 20.6. The summed E-state index contributed by atoms with van der Waals surface area (Å²) in [5.41, 5.74) is 1.10. The van der Waals surface area contributed by atoms with Crippen LogP contribution in [0.25, 0.3) is 0 Å². The molecule has 0 bridgehead atoms.